The maximum Gasteiger partial charge on any atom is 0.351 e. The summed E-state index contributed by atoms with van der Waals surface area (Å²) in [5, 5.41) is 0.770. The molecule has 0 saturated carbocycles. The number of benzene rings is 2. The maximum atomic E-state index is 12.0. The molecule has 0 bridgehead atoms. The zero-order valence-electron chi connectivity index (χ0n) is 12.4. The monoisotopic (exact) mass is 310 g/mol. The molecule has 23 heavy (non-hydrogen) atoms. The van der Waals surface area contributed by atoms with Crippen molar-refractivity contribution in [3.63, 3.8) is 0 Å². The van der Waals surface area contributed by atoms with Crippen LogP contribution in [-0.2, 0) is 9.53 Å². The number of hydrogen-bond donors (Lipinski definition) is 0. The molecule has 0 aliphatic rings. The topological polar surface area (TPSA) is 65.7 Å². The predicted molar refractivity (Wildman–Crippen MR) is 84.3 cm³/mol. The van der Waals surface area contributed by atoms with Crippen molar-refractivity contribution in [3.8, 4) is 5.75 Å². The largest absolute Gasteiger partial charge is 0.474 e. The highest BCUT2D eigenvalue weighted by Crippen LogP contribution is 2.26. The molecule has 5 heteroatoms. The zero-order chi connectivity index (χ0) is 16.2. The molecule has 0 saturated heterocycles. The van der Waals surface area contributed by atoms with E-state index in [9.17, 15) is 9.59 Å². The molecular formula is C18H14O5. The van der Waals surface area contributed by atoms with Crippen LogP contribution in [0.4, 0.5) is 0 Å². The van der Waals surface area contributed by atoms with Crippen molar-refractivity contribution in [2.24, 2.45) is 0 Å². The van der Waals surface area contributed by atoms with E-state index in [0.29, 0.717) is 16.9 Å². The lowest BCUT2D eigenvalue weighted by Crippen LogP contribution is -2.20. The van der Waals surface area contributed by atoms with Crippen LogP contribution in [0.5, 0.6) is 5.75 Å². The molecule has 0 radical (unpaired) electrons. The van der Waals surface area contributed by atoms with Crippen LogP contribution in [0.15, 0.2) is 69.9 Å². The van der Waals surface area contributed by atoms with Gasteiger partial charge < -0.3 is 13.9 Å². The van der Waals surface area contributed by atoms with Gasteiger partial charge in [0.05, 0.1) is 7.11 Å². The van der Waals surface area contributed by atoms with E-state index in [2.05, 4.69) is 0 Å². The van der Waals surface area contributed by atoms with Crippen LogP contribution in [0.25, 0.3) is 11.0 Å². The van der Waals surface area contributed by atoms with Gasteiger partial charge in [-0.15, -0.1) is 0 Å². The van der Waals surface area contributed by atoms with Crippen LogP contribution >= 0.6 is 0 Å². The van der Waals surface area contributed by atoms with E-state index in [1.54, 1.807) is 36.4 Å². The minimum Gasteiger partial charge on any atom is -0.474 e. The number of methoxy groups -OCH3 is 1. The fourth-order valence-electron chi connectivity index (χ4n) is 2.24. The van der Waals surface area contributed by atoms with Crippen LogP contribution in [0.2, 0.25) is 0 Å². The van der Waals surface area contributed by atoms with Gasteiger partial charge in [0.1, 0.15) is 11.3 Å². The summed E-state index contributed by atoms with van der Waals surface area (Å²) in [6.07, 6.45) is -0.894. The number of carbonyl (C=O) groups excluding carboxylic acids is 1. The first kappa shape index (κ1) is 14.8. The Labute approximate surface area is 132 Å². The summed E-state index contributed by atoms with van der Waals surface area (Å²) in [5.74, 6) is -0.100. The van der Waals surface area contributed by atoms with Gasteiger partial charge in [-0.3, -0.25) is 0 Å². The standard InChI is InChI=1S/C18H14O5/c1-21-18(20)17(13-5-3-2-4-6-13)22-14-9-7-12-8-10-16(19)23-15(12)11-14/h2-11,17H,1H3/t17-/m1/s1. The highest BCUT2D eigenvalue weighted by Gasteiger charge is 2.23. The Balaban J connectivity index is 1.96. The van der Waals surface area contributed by atoms with Crippen LogP contribution < -0.4 is 10.4 Å². The van der Waals surface area contributed by atoms with Crippen molar-refractivity contribution < 1.29 is 18.7 Å². The average molecular weight is 310 g/mol. The summed E-state index contributed by atoms with van der Waals surface area (Å²) in [4.78, 5) is 23.3. The van der Waals surface area contributed by atoms with Crippen molar-refractivity contribution in [1.29, 1.82) is 0 Å². The molecular weight excluding hydrogens is 296 g/mol. The van der Waals surface area contributed by atoms with E-state index in [1.807, 2.05) is 18.2 Å². The van der Waals surface area contributed by atoms with E-state index >= 15 is 0 Å². The number of carbonyl (C=O) groups is 1. The SMILES string of the molecule is COC(=O)[C@H](Oc1ccc2ccc(=O)oc2c1)c1ccccc1. The first-order valence-corrected chi connectivity index (χ1v) is 7.01. The van der Waals surface area contributed by atoms with Crippen LogP contribution in [0.3, 0.4) is 0 Å². The Kier molecular flexibility index (Phi) is 4.10. The summed E-state index contributed by atoms with van der Waals surface area (Å²) in [7, 11) is 1.31. The Hall–Kier alpha value is -3.08. The van der Waals surface area contributed by atoms with Gasteiger partial charge >= 0.3 is 11.6 Å². The molecule has 5 nitrogen and oxygen atoms in total. The fraction of sp³-hybridized carbons (Fsp3) is 0.111. The van der Waals surface area contributed by atoms with Crippen LogP contribution in [-0.4, -0.2) is 13.1 Å². The van der Waals surface area contributed by atoms with Gasteiger partial charge in [0.25, 0.3) is 0 Å². The Morgan fingerprint density at radius 2 is 1.78 bits per heavy atom. The minimum atomic E-state index is -0.894. The van der Waals surface area contributed by atoms with Gasteiger partial charge in [-0.2, -0.15) is 0 Å². The van der Waals surface area contributed by atoms with Crippen molar-refractivity contribution in [1.82, 2.24) is 0 Å². The summed E-state index contributed by atoms with van der Waals surface area (Å²) in [6.45, 7) is 0. The smallest absolute Gasteiger partial charge is 0.351 e. The number of fused-ring (bicyclic) bond motifs is 1. The van der Waals surface area contributed by atoms with Crippen molar-refractivity contribution in [3.05, 3.63) is 76.6 Å². The molecule has 1 aromatic heterocycles. The Morgan fingerprint density at radius 1 is 1.04 bits per heavy atom. The molecule has 0 N–H and O–H groups in total. The van der Waals surface area contributed by atoms with E-state index in [0.717, 1.165) is 5.39 Å². The van der Waals surface area contributed by atoms with Gasteiger partial charge in [-0.1, -0.05) is 30.3 Å². The number of ether oxygens (including phenoxy) is 2. The summed E-state index contributed by atoms with van der Waals surface area (Å²) >= 11 is 0. The average Bonchev–Trinajstić information content (AvgIpc) is 2.59. The summed E-state index contributed by atoms with van der Waals surface area (Å²) in [6, 6.07) is 17.1. The lowest BCUT2D eigenvalue weighted by molar-refractivity contribution is -0.149. The minimum absolute atomic E-state index is 0.395. The van der Waals surface area contributed by atoms with Crippen LogP contribution in [0, 0.1) is 0 Å². The Morgan fingerprint density at radius 3 is 2.52 bits per heavy atom. The molecule has 0 fully saturated rings. The van der Waals surface area contributed by atoms with Gasteiger partial charge in [-0.05, 0) is 18.2 Å². The van der Waals surface area contributed by atoms with E-state index < -0.39 is 17.7 Å². The molecule has 0 aliphatic heterocycles. The molecule has 0 spiro atoms. The summed E-state index contributed by atoms with van der Waals surface area (Å²) < 4.78 is 15.7. The highest BCUT2D eigenvalue weighted by molar-refractivity contribution is 5.79. The fourth-order valence-corrected chi connectivity index (χ4v) is 2.24. The molecule has 3 rings (SSSR count). The molecule has 1 atom stereocenters. The number of rotatable bonds is 4. The quantitative estimate of drug-likeness (QED) is 0.547. The molecule has 0 aliphatic carbocycles. The first-order valence-electron chi connectivity index (χ1n) is 7.01. The predicted octanol–water partition coefficient (Wildman–Crippen LogP) is 3.09. The second-order valence-electron chi connectivity index (χ2n) is 4.89. The third-order valence-electron chi connectivity index (χ3n) is 3.37. The molecule has 0 unspecified atom stereocenters. The highest BCUT2D eigenvalue weighted by atomic mass is 16.6. The van der Waals surface area contributed by atoms with Crippen molar-refractivity contribution in [2.45, 2.75) is 6.10 Å². The third-order valence-corrected chi connectivity index (χ3v) is 3.37. The van der Waals surface area contributed by atoms with Crippen molar-refractivity contribution in [2.75, 3.05) is 7.11 Å². The molecule has 0 amide bonds. The maximum absolute atomic E-state index is 12.0. The molecule has 2 aromatic carbocycles. The zero-order valence-corrected chi connectivity index (χ0v) is 12.4. The molecule has 1 heterocycles. The number of esters is 1. The molecule has 3 aromatic rings. The van der Waals surface area contributed by atoms with Gasteiger partial charge in [-0.25, -0.2) is 9.59 Å². The van der Waals surface area contributed by atoms with Gasteiger partial charge in [0.2, 0.25) is 6.10 Å². The second-order valence-corrected chi connectivity index (χ2v) is 4.89. The van der Waals surface area contributed by atoms with Crippen LogP contribution in [0.1, 0.15) is 11.7 Å². The van der Waals surface area contributed by atoms with Gasteiger partial charge in [0, 0.05) is 23.1 Å². The Bertz CT molecular complexity index is 883. The first-order chi connectivity index (χ1) is 11.2. The van der Waals surface area contributed by atoms with E-state index in [4.69, 9.17) is 13.9 Å². The third kappa shape index (κ3) is 3.23. The lowest BCUT2D eigenvalue weighted by Gasteiger charge is -2.17. The van der Waals surface area contributed by atoms with Gasteiger partial charge in [0.15, 0.2) is 0 Å². The number of hydrogen-bond acceptors (Lipinski definition) is 5. The second kappa shape index (κ2) is 6.36. The summed E-state index contributed by atoms with van der Waals surface area (Å²) in [5.41, 5.74) is 0.628. The van der Waals surface area contributed by atoms with E-state index in [1.165, 1.54) is 13.2 Å². The normalized spacial score (nSPS) is 11.9. The van der Waals surface area contributed by atoms with E-state index in [-0.39, 0.29) is 0 Å². The lowest BCUT2D eigenvalue weighted by atomic mass is 10.1. The van der Waals surface area contributed by atoms with Crippen molar-refractivity contribution >= 4 is 16.9 Å². The molecule has 116 valence electrons.